The minimum Gasteiger partial charge on any atom is -0.377 e. The summed E-state index contributed by atoms with van der Waals surface area (Å²) in [6.45, 7) is 2.96. The van der Waals surface area contributed by atoms with Crippen LogP contribution in [0, 0.1) is 0 Å². The second-order valence-electron chi connectivity index (χ2n) is 5.91. The highest BCUT2D eigenvalue weighted by Crippen LogP contribution is 2.27. The summed E-state index contributed by atoms with van der Waals surface area (Å²) in [5, 5.41) is 3.06. The van der Waals surface area contributed by atoms with E-state index in [-0.39, 0.29) is 5.91 Å². The fourth-order valence-corrected chi connectivity index (χ4v) is 4.00. The van der Waals surface area contributed by atoms with E-state index in [1.54, 1.807) is 11.8 Å². The molecule has 0 spiro atoms. The first kappa shape index (κ1) is 17.1. The van der Waals surface area contributed by atoms with Gasteiger partial charge in [0.15, 0.2) is 0 Å². The number of para-hydroxylation sites is 1. The molecule has 1 heterocycles. The number of hydrogen-bond acceptors (Lipinski definition) is 3. The lowest BCUT2D eigenvalue weighted by Crippen LogP contribution is -2.15. The highest BCUT2D eigenvalue weighted by molar-refractivity contribution is 7.99. The topological polar surface area (TPSA) is 38.3 Å². The van der Waals surface area contributed by atoms with E-state index in [0.29, 0.717) is 6.10 Å². The van der Waals surface area contributed by atoms with E-state index in [9.17, 15) is 4.79 Å². The number of carbonyl (C=O) groups excluding carboxylic acids is 1. The molecule has 0 unspecified atom stereocenters. The molecular weight excluding hydrogens is 318 g/mol. The molecular formula is C20H23NO2S. The average molecular weight is 341 g/mol. The predicted octanol–water partition coefficient (Wildman–Crippen LogP) is 4.77. The van der Waals surface area contributed by atoms with Crippen LogP contribution in [0.4, 0.5) is 5.69 Å². The van der Waals surface area contributed by atoms with Gasteiger partial charge in [-0.05, 0) is 43.0 Å². The van der Waals surface area contributed by atoms with Crippen LogP contribution in [0.25, 0.3) is 0 Å². The summed E-state index contributed by atoms with van der Waals surface area (Å²) in [6.07, 6.45) is 3.46. The van der Waals surface area contributed by atoms with Gasteiger partial charge in [-0.2, -0.15) is 0 Å². The third-order valence-corrected chi connectivity index (χ3v) is 5.43. The molecule has 2 aromatic carbocycles. The molecule has 1 amide bonds. The SMILES string of the molecule is CCc1ccccc1NC(=O)c1ccccc1SC[C@H]1CCCO1. The van der Waals surface area contributed by atoms with Gasteiger partial charge < -0.3 is 10.1 Å². The third kappa shape index (κ3) is 4.19. The fraction of sp³-hybridized carbons (Fsp3) is 0.350. The zero-order valence-corrected chi connectivity index (χ0v) is 14.8. The molecule has 126 valence electrons. The van der Waals surface area contributed by atoms with Crippen molar-refractivity contribution in [2.75, 3.05) is 17.7 Å². The Hall–Kier alpha value is -1.78. The van der Waals surface area contributed by atoms with Crippen molar-refractivity contribution in [3.63, 3.8) is 0 Å². The smallest absolute Gasteiger partial charge is 0.256 e. The maximum Gasteiger partial charge on any atom is 0.256 e. The van der Waals surface area contributed by atoms with Gasteiger partial charge in [-0.3, -0.25) is 4.79 Å². The Kier molecular flexibility index (Phi) is 5.94. The molecule has 0 radical (unpaired) electrons. The van der Waals surface area contributed by atoms with E-state index in [4.69, 9.17) is 4.74 Å². The molecule has 0 bridgehead atoms. The first-order valence-electron chi connectivity index (χ1n) is 8.50. The maximum atomic E-state index is 12.7. The third-order valence-electron chi connectivity index (χ3n) is 4.23. The molecule has 1 atom stereocenters. The van der Waals surface area contributed by atoms with E-state index < -0.39 is 0 Å². The number of amides is 1. The van der Waals surface area contributed by atoms with Crippen LogP contribution in [0.2, 0.25) is 0 Å². The number of carbonyl (C=O) groups is 1. The first-order valence-corrected chi connectivity index (χ1v) is 9.49. The zero-order chi connectivity index (χ0) is 16.8. The van der Waals surface area contributed by atoms with E-state index in [0.717, 1.165) is 53.3 Å². The molecule has 1 saturated heterocycles. The summed E-state index contributed by atoms with van der Waals surface area (Å²) in [4.78, 5) is 13.8. The maximum absolute atomic E-state index is 12.7. The number of benzene rings is 2. The number of aryl methyl sites for hydroxylation is 1. The Morgan fingerprint density at radius 1 is 1.21 bits per heavy atom. The van der Waals surface area contributed by atoms with E-state index in [2.05, 4.69) is 12.2 Å². The van der Waals surface area contributed by atoms with Crippen LogP contribution in [-0.2, 0) is 11.2 Å². The molecule has 0 aromatic heterocycles. The molecule has 1 aliphatic heterocycles. The summed E-state index contributed by atoms with van der Waals surface area (Å²) in [7, 11) is 0. The van der Waals surface area contributed by atoms with Gasteiger partial charge in [0.05, 0.1) is 11.7 Å². The molecule has 0 saturated carbocycles. The van der Waals surface area contributed by atoms with Gasteiger partial charge in [-0.15, -0.1) is 11.8 Å². The second-order valence-corrected chi connectivity index (χ2v) is 6.97. The Morgan fingerprint density at radius 2 is 2.00 bits per heavy atom. The molecule has 1 N–H and O–H groups in total. The highest BCUT2D eigenvalue weighted by atomic mass is 32.2. The van der Waals surface area contributed by atoms with Crippen LogP contribution < -0.4 is 5.32 Å². The largest absolute Gasteiger partial charge is 0.377 e. The van der Waals surface area contributed by atoms with Crippen LogP contribution in [0.3, 0.4) is 0 Å². The molecule has 24 heavy (non-hydrogen) atoms. The summed E-state index contributed by atoms with van der Waals surface area (Å²) in [6, 6.07) is 15.8. The zero-order valence-electron chi connectivity index (χ0n) is 14.0. The van der Waals surface area contributed by atoms with Crippen LogP contribution >= 0.6 is 11.8 Å². The summed E-state index contributed by atoms with van der Waals surface area (Å²) < 4.78 is 5.68. The molecule has 4 heteroatoms. The van der Waals surface area contributed by atoms with Gasteiger partial charge in [0.2, 0.25) is 0 Å². The number of rotatable bonds is 6. The van der Waals surface area contributed by atoms with Crippen LogP contribution in [0.1, 0.15) is 35.7 Å². The van der Waals surface area contributed by atoms with E-state index in [1.807, 2.05) is 48.5 Å². The van der Waals surface area contributed by atoms with Gasteiger partial charge in [0.1, 0.15) is 0 Å². The van der Waals surface area contributed by atoms with Crippen molar-refractivity contribution in [2.24, 2.45) is 0 Å². The normalized spacial score (nSPS) is 17.0. The first-order chi connectivity index (χ1) is 11.8. The van der Waals surface area contributed by atoms with Crippen LogP contribution in [-0.4, -0.2) is 24.4 Å². The van der Waals surface area contributed by atoms with Gasteiger partial charge in [-0.1, -0.05) is 37.3 Å². The fourth-order valence-electron chi connectivity index (χ4n) is 2.88. The van der Waals surface area contributed by atoms with E-state index >= 15 is 0 Å². The molecule has 1 aliphatic rings. The van der Waals surface area contributed by atoms with Crippen LogP contribution in [0.5, 0.6) is 0 Å². The number of thioether (sulfide) groups is 1. The lowest BCUT2D eigenvalue weighted by molar-refractivity contribution is 0.102. The molecule has 3 rings (SSSR count). The molecule has 0 aliphatic carbocycles. The number of nitrogens with one attached hydrogen (secondary N) is 1. The number of hydrogen-bond donors (Lipinski definition) is 1. The summed E-state index contributed by atoms with van der Waals surface area (Å²) in [5.41, 5.74) is 2.77. The van der Waals surface area contributed by atoms with Crippen molar-refractivity contribution in [1.29, 1.82) is 0 Å². The minimum atomic E-state index is -0.0497. The number of ether oxygens (including phenoxy) is 1. The highest BCUT2D eigenvalue weighted by Gasteiger charge is 2.18. The predicted molar refractivity (Wildman–Crippen MR) is 99.9 cm³/mol. The summed E-state index contributed by atoms with van der Waals surface area (Å²) in [5.74, 6) is 0.849. The molecule has 3 nitrogen and oxygen atoms in total. The monoisotopic (exact) mass is 341 g/mol. The summed E-state index contributed by atoms with van der Waals surface area (Å²) >= 11 is 1.71. The van der Waals surface area contributed by atoms with Gasteiger partial charge in [0, 0.05) is 22.9 Å². The van der Waals surface area contributed by atoms with Crippen molar-refractivity contribution in [3.05, 3.63) is 59.7 Å². The molecule has 2 aromatic rings. The van der Waals surface area contributed by atoms with Gasteiger partial charge in [0.25, 0.3) is 5.91 Å². The lowest BCUT2D eigenvalue weighted by atomic mass is 10.1. The van der Waals surface area contributed by atoms with Gasteiger partial charge >= 0.3 is 0 Å². The Balaban J connectivity index is 1.72. The van der Waals surface area contributed by atoms with Crippen molar-refractivity contribution in [2.45, 2.75) is 37.2 Å². The second kappa shape index (κ2) is 8.36. The number of anilines is 1. The standard InChI is InChI=1S/C20H23NO2S/c1-2-15-8-3-5-11-18(15)21-20(22)17-10-4-6-12-19(17)24-14-16-9-7-13-23-16/h3-6,8,10-12,16H,2,7,9,13-14H2,1H3,(H,21,22)/t16-/m1/s1. The van der Waals surface area contributed by atoms with E-state index in [1.165, 1.54) is 0 Å². The van der Waals surface area contributed by atoms with Crippen molar-refractivity contribution in [3.8, 4) is 0 Å². The Labute approximate surface area is 147 Å². The Morgan fingerprint density at radius 3 is 2.79 bits per heavy atom. The molecule has 1 fully saturated rings. The minimum absolute atomic E-state index is 0.0497. The van der Waals surface area contributed by atoms with Crippen LogP contribution in [0.15, 0.2) is 53.4 Å². The Bertz CT molecular complexity index is 696. The van der Waals surface area contributed by atoms with Crippen molar-refractivity contribution < 1.29 is 9.53 Å². The van der Waals surface area contributed by atoms with Crippen molar-refractivity contribution in [1.82, 2.24) is 0 Å². The van der Waals surface area contributed by atoms with Gasteiger partial charge in [-0.25, -0.2) is 0 Å². The quantitative estimate of drug-likeness (QED) is 0.769. The average Bonchev–Trinajstić information content (AvgIpc) is 3.14. The lowest BCUT2D eigenvalue weighted by Gasteiger charge is -2.13. The van der Waals surface area contributed by atoms with Crippen molar-refractivity contribution >= 4 is 23.4 Å².